The third-order valence-electron chi connectivity index (χ3n) is 4.37. The normalized spacial score (nSPS) is 28.8. The molecule has 1 saturated carbocycles. The van der Waals surface area contributed by atoms with Gasteiger partial charge in [-0.2, -0.15) is 0 Å². The molecular formula is C14H24N2O3. The molecule has 0 bridgehead atoms. The highest BCUT2D eigenvalue weighted by Crippen LogP contribution is 2.25. The smallest absolute Gasteiger partial charge is 0.306 e. The van der Waals surface area contributed by atoms with Gasteiger partial charge in [0.25, 0.3) is 0 Å². The summed E-state index contributed by atoms with van der Waals surface area (Å²) in [4.78, 5) is 22.8. The van der Waals surface area contributed by atoms with Crippen LogP contribution in [0.3, 0.4) is 0 Å². The molecule has 0 spiro atoms. The predicted molar refractivity (Wildman–Crippen MR) is 71.7 cm³/mol. The fraction of sp³-hybridized carbons (Fsp3) is 0.857. The number of hydrogen-bond acceptors (Lipinski definition) is 3. The van der Waals surface area contributed by atoms with Gasteiger partial charge in [-0.1, -0.05) is 0 Å². The number of carbonyl (C=O) groups is 2. The van der Waals surface area contributed by atoms with Crippen LogP contribution in [-0.4, -0.2) is 36.1 Å². The molecule has 1 heterocycles. The average Bonchev–Trinajstić information content (AvgIpc) is 2.40. The molecular weight excluding hydrogens is 244 g/mol. The van der Waals surface area contributed by atoms with Gasteiger partial charge in [-0.05, 0) is 57.5 Å². The largest absolute Gasteiger partial charge is 0.481 e. The Morgan fingerprint density at radius 1 is 1.05 bits per heavy atom. The monoisotopic (exact) mass is 268 g/mol. The number of nitrogens with one attached hydrogen (secondary N) is 2. The highest BCUT2D eigenvalue weighted by Gasteiger charge is 2.27. The number of carboxylic acid groups (broad SMARTS) is 1. The molecule has 1 saturated heterocycles. The van der Waals surface area contributed by atoms with Crippen LogP contribution >= 0.6 is 0 Å². The SMILES string of the molecule is O=C(CC1CCNCC1)NC1CCC(C(=O)O)CC1. The quantitative estimate of drug-likeness (QED) is 0.714. The number of hydrogen-bond donors (Lipinski definition) is 3. The zero-order chi connectivity index (χ0) is 13.7. The van der Waals surface area contributed by atoms with Gasteiger partial charge in [0.15, 0.2) is 0 Å². The van der Waals surface area contributed by atoms with Crippen molar-refractivity contribution in [2.24, 2.45) is 11.8 Å². The molecule has 2 aliphatic rings. The van der Waals surface area contributed by atoms with Crippen LogP contribution in [-0.2, 0) is 9.59 Å². The molecule has 2 fully saturated rings. The Labute approximate surface area is 114 Å². The summed E-state index contributed by atoms with van der Waals surface area (Å²) in [7, 11) is 0. The Morgan fingerprint density at radius 2 is 1.68 bits per heavy atom. The second-order valence-electron chi connectivity index (χ2n) is 5.85. The van der Waals surface area contributed by atoms with E-state index in [1.54, 1.807) is 0 Å². The minimum absolute atomic E-state index is 0.144. The molecule has 1 amide bonds. The summed E-state index contributed by atoms with van der Waals surface area (Å²) in [5.74, 6) is -0.251. The molecule has 5 nitrogen and oxygen atoms in total. The van der Waals surface area contributed by atoms with Gasteiger partial charge in [0.05, 0.1) is 5.92 Å². The van der Waals surface area contributed by atoms with Gasteiger partial charge in [-0.25, -0.2) is 0 Å². The molecule has 3 N–H and O–H groups in total. The second kappa shape index (κ2) is 6.89. The summed E-state index contributed by atoms with van der Waals surface area (Å²) in [6, 6.07) is 0.185. The first-order valence-corrected chi connectivity index (χ1v) is 7.38. The van der Waals surface area contributed by atoms with Crippen LogP contribution in [0, 0.1) is 11.8 Å². The van der Waals surface area contributed by atoms with Crippen molar-refractivity contribution in [2.45, 2.75) is 51.0 Å². The summed E-state index contributed by atoms with van der Waals surface area (Å²) in [5, 5.41) is 15.3. The lowest BCUT2D eigenvalue weighted by Gasteiger charge is -2.28. The van der Waals surface area contributed by atoms with Crippen LogP contribution in [0.5, 0.6) is 0 Å². The van der Waals surface area contributed by atoms with Crippen molar-refractivity contribution in [3.63, 3.8) is 0 Å². The van der Waals surface area contributed by atoms with Crippen LogP contribution in [0.1, 0.15) is 44.9 Å². The molecule has 0 radical (unpaired) electrons. The van der Waals surface area contributed by atoms with E-state index in [1.807, 2.05) is 0 Å². The molecule has 0 aromatic heterocycles. The Bertz CT molecular complexity index is 319. The lowest BCUT2D eigenvalue weighted by atomic mass is 9.86. The number of rotatable bonds is 4. The third kappa shape index (κ3) is 4.49. The first-order chi connectivity index (χ1) is 9.15. The maximum Gasteiger partial charge on any atom is 0.306 e. The minimum atomic E-state index is -0.695. The van der Waals surface area contributed by atoms with Gasteiger partial charge < -0.3 is 15.7 Å². The van der Waals surface area contributed by atoms with Gasteiger partial charge in [0.1, 0.15) is 0 Å². The predicted octanol–water partition coefficient (Wildman–Crippen LogP) is 1.14. The topological polar surface area (TPSA) is 78.4 Å². The maximum atomic E-state index is 11.9. The van der Waals surface area contributed by atoms with Crippen LogP contribution < -0.4 is 10.6 Å². The van der Waals surface area contributed by atoms with E-state index >= 15 is 0 Å². The molecule has 19 heavy (non-hydrogen) atoms. The van der Waals surface area contributed by atoms with Gasteiger partial charge in [0.2, 0.25) is 5.91 Å². The Hall–Kier alpha value is -1.10. The molecule has 1 aliphatic heterocycles. The van der Waals surface area contributed by atoms with Crippen molar-refractivity contribution in [3.05, 3.63) is 0 Å². The number of amides is 1. The van der Waals surface area contributed by atoms with E-state index in [0.717, 1.165) is 38.8 Å². The minimum Gasteiger partial charge on any atom is -0.481 e. The van der Waals surface area contributed by atoms with Gasteiger partial charge in [-0.3, -0.25) is 9.59 Å². The fourth-order valence-electron chi connectivity index (χ4n) is 3.12. The van der Waals surface area contributed by atoms with Crippen molar-refractivity contribution in [2.75, 3.05) is 13.1 Å². The first kappa shape index (κ1) is 14.3. The first-order valence-electron chi connectivity index (χ1n) is 7.38. The Morgan fingerprint density at radius 3 is 2.26 bits per heavy atom. The van der Waals surface area contributed by atoms with Crippen LogP contribution in [0.4, 0.5) is 0 Å². The molecule has 108 valence electrons. The van der Waals surface area contributed by atoms with Crippen LogP contribution in [0.15, 0.2) is 0 Å². The third-order valence-corrected chi connectivity index (χ3v) is 4.37. The highest BCUT2D eigenvalue weighted by atomic mass is 16.4. The Kier molecular flexibility index (Phi) is 5.19. The van der Waals surface area contributed by atoms with Gasteiger partial charge in [-0.15, -0.1) is 0 Å². The van der Waals surface area contributed by atoms with Crippen molar-refractivity contribution >= 4 is 11.9 Å². The van der Waals surface area contributed by atoms with Crippen LogP contribution in [0.2, 0.25) is 0 Å². The fourth-order valence-corrected chi connectivity index (χ4v) is 3.12. The molecule has 0 atom stereocenters. The summed E-state index contributed by atoms with van der Waals surface area (Å²) in [5.41, 5.74) is 0. The highest BCUT2D eigenvalue weighted by molar-refractivity contribution is 5.76. The Balaban J connectivity index is 1.67. The number of aliphatic carboxylic acids is 1. The van der Waals surface area contributed by atoms with Gasteiger partial charge in [0, 0.05) is 12.5 Å². The molecule has 0 aromatic carbocycles. The summed E-state index contributed by atoms with van der Waals surface area (Å²) < 4.78 is 0. The van der Waals surface area contributed by atoms with Crippen molar-refractivity contribution in [3.8, 4) is 0 Å². The van der Waals surface area contributed by atoms with E-state index in [-0.39, 0.29) is 17.9 Å². The van der Waals surface area contributed by atoms with Gasteiger partial charge >= 0.3 is 5.97 Å². The standard InChI is InChI=1S/C14H24N2O3/c17-13(9-10-5-7-15-8-6-10)16-12-3-1-11(2-4-12)14(18)19/h10-12,15H,1-9H2,(H,16,17)(H,18,19). The molecule has 5 heteroatoms. The van der Waals surface area contributed by atoms with Crippen LogP contribution in [0.25, 0.3) is 0 Å². The van der Waals surface area contributed by atoms with E-state index in [9.17, 15) is 9.59 Å². The van der Waals surface area contributed by atoms with E-state index in [2.05, 4.69) is 10.6 Å². The number of piperidine rings is 1. The summed E-state index contributed by atoms with van der Waals surface area (Å²) in [6.45, 7) is 2.03. The number of carbonyl (C=O) groups excluding carboxylic acids is 1. The molecule has 0 aromatic rings. The van der Waals surface area contributed by atoms with Crippen molar-refractivity contribution in [1.29, 1.82) is 0 Å². The van der Waals surface area contributed by atoms with E-state index in [0.29, 0.717) is 25.2 Å². The number of carboxylic acids is 1. The van der Waals surface area contributed by atoms with E-state index in [1.165, 1.54) is 0 Å². The lowest BCUT2D eigenvalue weighted by Crippen LogP contribution is -2.40. The maximum absolute atomic E-state index is 11.9. The van der Waals surface area contributed by atoms with Crippen molar-refractivity contribution < 1.29 is 14.7 Å². The zero-order valence-corrected chi connectivity index (χ0v) is 11.4. The summed E-state index contributed by atoms with van der Waals surface area (Å²) in [6.07, 6.45) is 5.77. The van der Waals surface area contributed by atoms with E-state index in [4.69, 9.17) is 5.11 Å². The van der Waals surface area contributed by atoms with E-state index < -0.39 is 5.97 Å². The molecule has 1 aliphatic carbocycles. The van der Waals surface area contributed by atoms with Crippen molar-refractivity contribution in [1.82, 2.24) is 10.6 Å². The summed E-state index contributed by atoms with van der Waals surface area (Å²) >= 11 is 0. The molecule has 0 unspecified atom stereocenters. The average molecular weight is 268 g/mol. The zero-order valence-electron chi connectivity index (χ0n) is 11.4. The lowest BCUT2D eigenvalue weighted by molar-refractivity contribution is -0.142. The second-order valence-corrected chi connectivity index (χ2v) is 5.85. The molecule has 2 rings (SSSR count).